The van der Waals surface area contributed by atoms with Crippen molar-refractivity contribution in [3.8, 4) is 0 Å². The molecule has 1 saturated carbocycles. The molecule has 2 N–H and O–H groups in total. The van der Waals surface area contributed by atoms with Gasteiger partial charge in [-0.25, -0.2) is 4.39 Å². The van der Waals surface area contributed by atoms with Gasteiger partial charge in [0.2, 0.25) is 0 Å². The van der Waals surface area contributed by atoms with E-state index < -0.39 is 0 Å². The van der Waals surface area contributed by atoms with Gasteiger partial charge in [-0.2, -0.15) is 0 Å². The van der Waals surface area contributed by atoms with Crippen LogP contribution in [-0.2, 0) is 6.54 Å². The molecule has 0 bridgehead atoms. The monoisotopic (exact) mass is 236 g/mol. The van der Waals surface area contributed by atoms with E-state index in [0.717, 1.165) is 24.7 Å². The maximum atomic E-state index is 13.4. The standard InChI is InChI=1S/C14H21FN2/c1-2-3-8-17(12-5-6-12)10-11-4-7-14(16)13(15)9-11/h4,7,9,12H,2-3,5-6,8,10,16H2,1H3. The third-order valence-electron chi connectivity index (χ3n) is 3.31. The van der Waals surface area contributed by atoms with Gasteiger partial charge in [0.1, 0.15) is 5.82 Å². The maximum absolute atomic E-state index is 13.4. The molecule has 94 valence electrons. The van der Waals surface area contributed by atoms with Crippen molar-refractivity contribution in [2.24, 2.45) is 0 Å². The van der Waals surface area contributed by atoms with Gasteiger partial charge in [0.25, 0.3) is 0 Å². The lowest BCUT2D eigenvalue weighted by Gasteiger charge is -2.21. The summed E-state index contributed by atoms with van der Waals surface area (Å²) in [5.74, 6) is -0.297. The van der Waals surface area contributed by atoms with Gasteiger partial charge in [0.15, 0.2) is 0 Å². The molecule has 0 aromatic heterocycles. The fraction of sp³-hybridized carbons (Fsp3) is 0.571. The highest BCUT2D eigenvalue weighted by molar-refractivity contribution is 5.41. The third kappa shape index (κ3) is 3.43. The van der Waals surface area contributed by atoms with Crippen LogP contribution in [0.15, 0.2) is 18.2 Å². The lowest BCUT2D eigenvalue weighted by atomic mass is 10.1. The molecule has 1 fully saturated rings. The number of nitrogens with two attached hydrogens (primary N) is 1. The first kappa shape index (κ1) is 12.4. The number of benzene rings is 1. The van der Waals surface area contributed by atoms with Crippen molar-refractivity contribution in [1.29, 1.82) is 0 Å². The summed E-state index contributed by atoms with van der Waals surface area (Å²) in [5.41, 5.74) is 6.75. The molecule has 0 aliphatic heterocycles. The van der Waals surface area contributed by atoms with Gasteiger partial charge in [-0.1, -0.05) is 19.4 Å². The van der Waals surface area contributed by atoms with E-state index >= 15 is 0 Å². The number of anilines is 1. The molecule has 0 atom stereocenters. The highest BCUT2D eigenvalue weighted by Crippen LogP contribution is 2.28. The average Bonchev–Trinajstić information content (AvgIpc) is 3.13. The van der Waals surface area contributed by atoms with Crippen LogP contribution in [0.3, 0.4) is 0 Å². The summed E-state index contributed by atoms with van der Waals surface area (Å²) in [5, 5.41) is 0. The van der Waals surface area contributed by atoms with Gasteiger partial charge in [-0.05, 0) is 43.5 Å². The van der Waals surface area contributed by atoms with Crippen LogP contribution in [0.25, 0.3) is 0 Å². The van der Waals surface area contributed by atoms with E-state index in [1.165, 1.54) is 25.7 Å². The van der Waals surface area contributed by atoms with Crippen molar-refractivity contribution < 1.29 is 4.39 Å². The quantitative estimate of drug-likeness (QED) is 0.769. The predicted octanol–water partition coefficient (Wildman–Crippen LogP) is 3.17. The van der Waals surface area contributed by atoms with E-state index in [2.05, 4.69) is 11.8 Å². The largest absolute Gasteiger partial charge is 0.396 e. The Labute approximate surface area is 103 Å². The first-order chi connectivity index (χ1) is 8.20. The van der Waals surface area contributed by atoms with E-state index in [0.29, 0.717) is 0 Å². The minimum atomic E-state index is -0.297. The smallest absolute Gasteiger partial charge is 0.146 e. The lowest BCUT2D eigenvalue weighted by molar-refractivity contribution is 0.250. The predicted molar refractivity (Wildman–Crippen MR) is 69.2 cm³/mol. The van der Waals surface area contributed by atoms with Gasteiger partial charge in [-0.3, -0.25) is 4.90 Å². The van der Waals surface area contributed by atoms with Crippen LogP contribution in [0.2, 0.25) is 0 Å². The van der Waals surface area contributed by atoms with E-state index in [4.69, 9.17) is 5.73 Å². The molecule has 0 spiro atoms. The van der Waals surface area contributed by atoms with Crippen molar-refractivity contribution >= 4 is 5.69 Å². The van der Waals surface area contributed by atoms with Crippen molar-refractivity contribution in [3.63, 3.8) is 0 Å². The van der Waals surface area contributed by atoms with Gasteiger partial charge >= 0.3 is 0 Å². The molecule has 0 amide bonds. The van der Waals surface area contributed by atoms with Gasteiger partial charge < -0.3 is 5.73 Å². The van der Waals surface area contributed by atoms with Gasteiger partial charge in [0, 0.05) is 12.6 Å². The van der Waals surface area contributed by atoms with E-state index in [9.17, 15) is 4.39 Å². The molecule has 2 rings (SSSR count). The van der Waals surface area contributed by atoms with Crippen LogP contribution in [0.5, 0.6) is 0 Å². The highest BCUT2D eigenvalue weighted by atomic mass is 19.1. The average molecular weight is 236 g/mol. The summed E-state index contributed by atoms with van der Waals surface area (Å²) in [7, 11) is 0. The van der Waals surface area contributed by atoms with Crippen molar-refractivity contribution in [3.05, 3.63) is 29.6 Å². The Bertz CT molecular complexity index is 374. The first-order valence-electron chi connectivity index (χ1n) is 6.48. The van der Waals surface area contributed by atoms with Crippen LogP contribution >= 0.6 is 0 Å². The minimum absolute atomic E-state index is 0.236. The molecule has 1 aromatic carbocycles. The van der Waals surface area contributed by atoms with Gasteiger partial charge in [0.05, 0.1) is 5.69 Å². The van der Waals surface area contributed by atoms with E-state index in [-0.39, 0.29) is 11.5 Å². The Balaban J connectivity index is 1.98. The Hall–Kier alpha value is -1.09. The second kappa shape index (κ2) is 5.50. The summed E-state index contributed by atoms with van der Waals surface area (Å²) in [6, 6.07) is 5.88. The Kier molecular flexibility index (Phi) is 4.00. The lowest BCUT2D eigenvalue weighted by Crippen LogP contribution is -2.26. The van der Waals surface area contributed by atoms with Crippen molar-refractivity contribution in [2.45, 2.75) is 45.2 Å². The summed E-state index contributed by atoms with van der Waals surface area (Å²) in [6.07, 6.45) is 5.01. The topological polar surface area (TPSA) is 29.3 Å². The van der Waals surface area contributed by atoms with Crippen molar-refractivity contribution in [2.75, 3.05) is 12.3 Å². The van der Waals surface area contributed by atoms with Crippen LogP contribution in [0.4, 0.5) is 10.1 Å². The number of nitrogen functional groups attached to an aromatic ring is 1. The number of hydrogen-bond donors (Lipinski definition) is 1. The molecule has 1 aliphatic rings. The molecule has 0 unspecified atom stereocenters. The Morgan fingerprint density at radius 2 is 2.18 bits per heavy atom. The van der Waals surface area contributed by atoms with Crippen LogP contribution in [-0.4, -0.2) is 17.5 Å². The normalized spacial score (nSPS) is 15.5. The summed E-state index contributed by atoms with van der Waals surface area (Å²) in [6.45, 7) is 4.17. The van der Waals surface area contributed by atoms with Crippen LogP contribution in [0, 0.1) is 5.82 Å². The summed E-state index contributed by atoms with van der Waals surface area (Å²) >= 11 is 0. The number of halogens is 1. The first-order valence-corrected chi connectivity index (χ1v) is 6.48. The second-order valence-electron chi connectivity index (χ2n) is 4.91. The fourth-order valence-electron chi connectivity index (χ4n) is 2.10. The molecule has 0 heterocycles. The minimum Gasteiger partial charge on any atom is -0.396 e. The Morgan fingerprint density at radius 1 is 1.41 bits per heavy atom. The third-order valence-corrected chi connectivity index (χ3v) is 3.31. The molecular weight excluding hydrogens is 215 g/mol. The van der Waals surface area contributed by atoms with Crippen LogP contribution in [0.1, 0.15) is 38.2 Å². The van der Waals surface area contributed by atoms with Gasteiger partial charge in [-0.15, -0.1) is 0 Å². The summed E-state index contributed by atoms with van der Waals surface area (Å²) in [4.78, 5) is 2.47. The van der Waals surface area contributed by atoms with Crippen LogP contribution < -0.4 is 5.73 Å². The molecule has 17 heavy (non-hydrogen) atoms. The molecule has 1 aliphatic carbocycles. The van der Waals surface area contributed by atoms with Crippen molar-refractivity contribution in [1.82, 2.24) is 4.90 Å². The Morgan fingerprint density at radius 3 is 2.76 bits per heavy atom. The molecule has 1 aromatic rings. The highest BCUT2D eigenvalue weighted by Gasteiger charge is 2.28. The summed E-state index contributed by atoms with van der Waals surface area (Å²) < 4.78 is 13.4. The zero-order chi connectivity index (χ0) is 12.3. The molecule has 3 heteroatoms. The molecule has 2 nitrogen and oxygen atoms in total. The zero-order valence-corrected chi connectivity index (χ0v) is 10.5. The number of unbranched alkanes of at least 4 members (excludes halogenated alkanes) is 1. The number of rotatable bonds is 6. The molecular formula is C14H21FN2. The fourth-order valence-corrected chi connectivity index (χ4v) is 2.10. The van der Waals surface area contributed by atoms with E-state index in [1.807, 2.05) is 6.07 Å². The zero-order valence-electron chi connectivity index (χ0n) is 10.5. The second-order valence-corrected chi connectivity index (χ2v) is 4.91. The number of hydrogen-bond acceptors (Lipinski definition) is 2. The SMILES string of the molecule is CCCCN(Cc1ccc(N)c(F)c1)C1CC1. The molecule has 0 radical (unpaired) electrons. The van der Waals surface area contributed by atoms with E-state index in [1.54, 1.807) is 12.1 Å². The maximum Gasteiger partial charge on any atom is 0.146 e. The molecule has 0 saturated heterocycles. The number of nitrogens with zero attached hydrogens (tertiary/aromatic N) is 1.